The average molecular weight is 428 g/mol. The van der Waals surface area contributed by atoms with Crippen LogP contribution in [0.5, 0.6) is 5.75 Å². The van der Waals surface area contributed by atoms with Crippen LogP contribution in [-0.2, 0) is 9.59 Å². The van der Waals surface area contributed by atoms with Crippen molar-refractivity contribution >= 4 is 40.9 Å². The van der Waals surface area contributed by atoms with Crippen LogP contribution in [0.15, 0.2) is 48.5 Å². The van der Waals surface area contributed by atoms with E-state index in [1.54, 1.807) is 6.07 Å². The minimum Gasteiger partial charge on any atom is -0.483 e. The summed E-state index contributed by atoms with van der Waals surface area (Å²) in [5.74, 6) is -0.420. The van der Waals surface area contributed by atoms with Crippen LogP contribution >= 0.6 is 12.2 Å². The van der Waals surface area contributed by atoms with Crippen molar-refractivity contribution in [2.45, 2.75) is 13.8 Å². The van der Waals surface area contributed by atoms with E-state index in [2.05, 4.69) is 16.2 Å². The predicted molar refractivity (Wildman–Crippen MR) is 116 cm³/mol. The van der Waals surface area contributed by atoms with Crippen molar-refractivity contribution in [3.63, 3.8) is 0 Å². The number of carbonyl (C=O) groups is 2. The first-order chi connectivity index (χ1) is 14.3. The monoisotopic (exact) mass is 428 g/mol. The van der Waals surface area contributed by atoms with E-state index in [1.165, 1.54) is 30.4 Å². The van der Waals surface area contributed by atoms with Crippen molar-refractivity contribution < 1.29 is 19.2 Å². The van der Waals surface area contributed by atoms with E-state index in [0.717, 1.165) is 11.1 Å². The van der Waals surface area contributed by atoms with Crippen molar-refractivity contribution in [2.24, 2.45) is 0 Å². The quantitative estimate of drug-likeness (QED) is 0.279. The SMILES string of the molecule is Cc1cccc(C)c1OCC(=O)NNC(=S)NC(=O)/C=C/c1cccc([N+](=O)[O-])c1. The first-order valence-corrected chi connectivity index (χ1v) is 9.18. The molecule has 0 atom stereocenters. The molecule has 0 heterocycles. The van der Waals surface area contributed by atoms with E-state index in [1.807, 2.05) is 32.0 Å². The van der Waals surface area contributed by atoms with Gasteiger partial charge in [0, 0.05) is 18.2 Å². The highest BCUT2D eigenvalue weighted by molar-refractivity contribution is 7.80. The summed E-state index contributed by atoms with van der Waals surface area (Å²) in [5, 5.41) is 13.0. The number of ether oxygens (including phenoxy) is 1. The predicted octanol–water partition coefficient (Wildman–Crippen LogP) is 2.33. The zero-order valence-electron chi connectivity index (χ0n) is 16.3. The molecule has 0 saturated carbocycles. The number of amides is 2. The van der Waals surface area contributed by atoms with Crippen molar-refractivity contribution in [3.05, 3.63) is 75.3 Å². The number of benzene rings is 2. The van der Waals surface area contributed by atoms with E-state index >= 15 is 0 Å². The molecule has 3 N–H and O–H groups in total. The summed E-state index contributed by atoms with van der Waals surface area (Å²) in [4.78, 5) is 34.0. The van der Waals surface area contributed by atoms with Crippen LogP contribution < -0.4 is 20.9 Å². The average Bonchev–Trinajstić information content (AvgIpc) is 2.70. The minimum atomic E-state index is -0.569. The molecule has 0 saturated heterocycles. The number of nitro benzene ring substituents is 1. The summed E-state index contributed by atoms with van der Waals surface area (Å²) in [5.41, 5.74) is 6.94. The molecule has 2 aromatic carbocycles. The number of carbonyl (C=O) groups excluding carboxylic acids is 2. The van der Waals surface area contributed by atoms with Crippen molar-refractivity contribution in [2.75, 3.05) is 6.61 Å². The molecule has 0 bridgehead atoms. The lowest BCUT2D eigenvalue weighted by Crippen LogP contribution is -2.49. The number of hydrogen-bond donors (Lipinski definition) is 3. The molecule has 2 aromatic rings. The summed E-state index contributed by atoms with van der Waals surface area (Å²) in [6.45, 7) is 3.52. The molecule has 156 valence electrons. The van der Waals surface area contributed by atoms with Gasteiger partial charge in [-0.25, -0.2) is 0 Å². The molecule has 2 amide bonds. The van der Waals surface area contributed by atoms with Crippen LogP contribution in [0, 0.1) is 24.0 Å². The molecule has 0 aliphatic rings. The van der Waals surface area contributed by atoms with Gasteiger partial charge in [0.05, 0.1) is 4.92 Å². The number of non-ortho nitro benzene ring substituents is 1. The van der Waals surface area contributed by atoms with Gasteiger partial charge in [-0.05, 0) is 48.8 Å². The van der Waals surface area contributed by atoms with E-state index in [9.17, 15) is 19.7 Å². The molecule has 0 unspecified atom stereocenters. The third-order valence-corrected chi connectivity index (χ3v) is 4.02. The van der Waals surface area contributed by atoms with Crippen molar-refractivity contribution in [3.8, 4) is 5.75 Å². The largest absolute Gasteiger partial charge is 0.483 e. The van der Waals surface area contributed by atoms with Crippen LogP contribution in [0.4, 0.5) is 5.69 Å². The highest BCUT2D eigenvalue weighted by Crippen LogP contribution is 2.21. The second-order valence-electron chi connectivity index (χ2n) is 6.19. The lowest BCUT2D eigenvalue weighted by molar-refractivity contribution is -0.384. The van der Waals surface area contributed by atoms with Gasteiger partial charge in [0.15, 0.2) is 11.7 Å². The summed E-state index contributed by atoms with van der Waals surface area (Å²) < 4.78 is 5.51. The van der Waals surface area contributed by atoms with Crippen LogP contribution in [0.25, 0.3) is 6.08 Å². The first kappa shape index (κ1) is 22.5. The third kappa shape index (κ3) is 6.99. The third-order valence-electron chi connectivity index (χ3n) is 3.82. The molecular weight excluding hydrogens is 408 g/mol. The Kier molecular flexibility index (Phi) is 8.00. The number of rotatable bonds is 6. The smallest absolute Gasteiger partial charge is 0.276 e. The Morgan fingerprint density at radius 2 is 1.80 bits per heavy atom. The van der Waals surface area contributed by atoms with Gasteiger partial charge >= 0.3 is 0 Å². The Bertz CT molecular complexity index is 986. The zero-order valence-corrected chi connectivity index (χ0v) is 17.1. The van der Waals surface area contributed by atoms with Crippen LogP contribution in [0.1, 0.15) is 16.7 Å². The number of nitrogens with one attached hydrogen (secondary N) is 3. The van der Waals surface area contributed by atoms with Crippen LogP contribution in [0.2, 0.25) is 0 Å². The fraction of sp³-hybridized carbons (Fsp3) is 0.150. The molecule has 0 aromatic heterocycles. The molecule has 0 fully saturated rings. The lowest BCUT2D eigenvalue weighted by Gasteiger charge is -2.13. The van der Waals surface area contributed by atoms with Gasteiger partial charge in [-0.2, -0.15) is 0 Å². The maximum absolute atomic E-state index is 11.9. The number of nitro groups is 1. The summed E-state index contributed by atoms with van der Waals surface area (Å²) in [6.07, 6.45) is 2.57. The molecule has 2 rings (SSSR count). The molecule has 0 spiro atoms. The summed E-state index contributed by atoms with van der Waals surface area (Å²) >= 11 is 4.93. The number of hydrazine groups is 1. The molecule has 10 heteroatoms. The standard InChI is InChI=1S/C20H20N4O5S/c1-13-5-3-6-14(2)19(13)29-12-18(26)22-23-20(30)21-17(25)10-9-15-7-4-8-16(11-15)24(27)28/h3-11H,12H2,1-2H3,(H,22,26)(H2,21,23,25,30)/b10-9+. The molecule has 0 aliphatic heterocycles. The number of para-hydroxylation sites is 1. The van der Waals surface area contributed by atoms with Crippen LogP contribution in [-0.4, -0.2) is 28.5 Å². The van der Waals surface area contributed by atoms with Gasteiger partial charge in [0.25, 0.3) is 11.6 Å². The Morgan fingerprint density at radius 3 is 2.47 bits per heavy atom. The fourth-order valence-corrected chi connectivity index (χ4v) is 2.58. The maximum Gasteiger partial charge on any atom is 0.276 e. The van der Waals surface area contributed by atoms with Crippen molar-refractivity contribution in [1.82, 2.24) is 16.2 Å². The maximum atomic E-state index is 11.9. The Labute approximate surface area is 178 Å². The number of thiocarbonyl (C=S) groups is 1. The zero-order chi connectivity index (χ0) is 22.1. The molecule has 0 aliphatic carbocycles. The second kappa shape index (κ2) is 10.7. The Morgan fingerprint density at radius 1 is 1.13 bits per heavy atom. The van der Waals surface area contributed by atoms with E-state index in [0.29, 0.717) is 11.3 Å². The highest BCUT2D eigenvalue weighted by atomic mass is 32.1. The van der Waals surface area contributed by atoms with E-state index in [-0.39, 0.29) is 17.4 Å². The second-order valence-corrected chi connectivity index (χ2v) is 6.59. The van der Waals surface area contributed by atoms with Gasteiger partial charge in [0.2, 0.25) is 5.91 Å². The lowest BCUT2D eigenvalue weighted by atomic mass is 10.1. The minimum absolute atomic E-state index is 0.0828. The highest BCUT2D eigenvalue weighted by Gasteiger charge is 2.08. The molecule has 30 heavy (non-hydrogen) atoms. The normalized spacial score (nSPS) is 10.3. The molecular formula is C20H20N4O5S. The Balaban J connectivity index is 1.77. The number of nitrogens with zero attached hydrogens (tertiary/aromatic N) is 1. The van der Waals surface area contributed by atoms with E-state index in [4.69, 9.17) is 17.0 Å². The number of hydrogen-bond acceptors (Lipinski definition) is 6. The van der Waals surface area contributed by atoms with Gasteiger partial charge < -0.3 is 4.74 Å². The topological polar surface area (TPSA) is 123 Å². The van der Waals surface area contributed by atoms with Gasteiger partial charge in [-0.3, -0.25) is 35.9 Å². The molecule has 0 radical (unpaired) electrons. The van der Waals surface area contributed by atoms with E-state index < -0.39 is 16.7 Å². The van der Waals surface area contributed by atoms with Crippen molar-refractivity contribution in [1.29, 1.82) is 0 Å². The summed E-state index contributed by atoms with van der Waals surface area (Å²) in [7, 11) is 0. The fourth-order valence-electron chi connectivity index (χ4n) is 2.43. The van der Waals surface area contributed by atoms with Gasteiger partial charge in [-0.1, -0.05) is 30.3 Å². The van der Waals surface area contributed by atoms with Gasteiger partial charge in [-0.15, -0.1) is 0 Å². The number of aryl methyl sites for hydroxylation is 2. The van der Waals surface area contributed by atoms with Crippen LogP contribution in [0.3, 0.4) is 0 Å². The Hall–Kier alpha value is -3.79. The molecule has 9 nitrogen and oxygen atoms in total. The summed E-state index contributed by atoms with van der Waals surface area (Å²) in [6, 6.07) is 11.5. The first-order valence-electron chi connectivity index (χ1n) is 8.77. The van der Waals surface area contributed by atoms with Gasteiger partial charge in [0.1, 0.15) is 5.75 Å².